The van der Waals surface area contributed by atoms with Gasteiger partial charge in [0, 0.05) is 18.2 Å². The summed E-state index contributed by atoms with van der Waals surface area (Å²) in [7, 11) is 0. The summed E-state index contributed by atoms with van der Waals surface area (Å²) in [5.41, 5.74) is 5.24. The van der Waals surface area contributed by atoms with Crippen molar-refractivity contribution < 1.29 is 20.1 Å². The Labute approximate surface area is 109 Å². The fraction of sp³-hybridized carbons (Fsp3) is 0.636. The van der Waals surface area contributed by atoms with Gasteiger partial charge in [-0.05, 0) is 6.92 Å². The average Bonchev–Trinajstić information content (AvgIpc) is 2.69. The zero-order chi connectivity index (χ0) is 14.2. The zero-order valence-corrected chi connectivity index (χ0v) is 10.4. The second-order valence-corrected chi connectivity index (χ2v) is 4.56. The molecular weight excluding hydrogens is 254 g/mol. The van der Waals surface area contributed by atoms with Crippen LogP contribution < -0.4 is 11.4 Å². The molecule has 0 bridgehead atoms. The third-order valence-corrected chi connectivity index (χ3v) is 3.16. The van der Waals surface area contributed by atoms with Crippen LogP contribution in [-0.2, 0) is 4.74 Å². The van der Waals surface area contributed by atoms with Gasteiger partial charge >= 0.3 is 5.69 Å². The molecule has 1 aromatic heterocycles. The van der Waals surface area contributed by atoms with Crippen molar-refractivity contribution in [1.29, 1.82) is 0 Å². The molecule has 19 heavy (non-hydrogen) atoms. The average molecular weight is 271 g/mol. The minimum absolute atomic E-state index is 0.0338. The first kappa shape index (κ1) is 13.9. The van der Waals surface area contributed by atoms with Crippen LogP contribution in [0, 0.1) is 0 Å². The van der Waals surface area contributed by atoms with Crippen molar-refractivity contribution in [3.63, 3.8) is 0 Å². The van der Waals surface area contributed by atoms with Crippen molar-refractivity contribution in [1.82, 2.24) is 9.55 Å². The molecule has 0 saturated carbocycles. The Morgan fingerprint density at radius 2 is 2.37 bits per heavy atom. The maximum absolute atomic E-state index is 11.8. The standard InChI is InChI=1S/C11H17N3O5/c1-5(16)6-3-14(11(18)13-10(6)12)9-2-7(17)8(4-15)19-9/h3,5,7-9,15-17H,2,4H2,1H3,(H2,12,13,18)/t5?,7-,8+,9+/m0/s1. The monoisotopic (exact) mass is 271 g/mol. The number of anilines is 1. The summed E-state index contributed by atoms with van der Waals surface area (Å²) in [4.78, 5) is 15.4. The van der Waals surface area contributed by atoms with Crippen LogP contribution in [0.25, 0.3) is 0 Å². The van der Waals surface area contributed by atoms with E-state index in [0.717, 1.165) is 4.57 Å². The first-order valence-corrected chi connectivity index (χ1v) is 5.95. The van der Waals surface area contributed by atoms with E-state index in [2.05, 4.69) is 4.98 Å². The highest BCUT2D eigenvalue weighted by molar-refractivity contribution is 5.38. The van der Waals surface area contributed by atoms with Gasteiger partial charge in [-0.1, -0.05) is 0 Å². The molecule has 0 aromatic carbocycles. The second kappa shape index (κ2) is 5.25. The van der Waals surface area contributed by atoms with Gasteiger partial charge in [0.05, 0.1) is 18.8 Å². The van der Waals surface area contributed by atoms with E-state index in [0.29, 0.717) is 5.56 Å². The number of nitrogens with zero attached hydrogens (tertiary/aromatic N) is 2. The SMILES string of the molecule is CC(O)c1cn([C@H]2C[C@H](O)[C@@H](CO)O2)c(=O)nc1N. The first-order chi connectivity index (χ1) is 8.93. The van der Waals surface area contributed by atoms with Crippen LogP contribution in [-0.4, -0.2) is 43.7 Å². The number of nitrogens with two attached hydrogens (primary N) is 1. The molecule has 1 saturated heterocycles. The molecule has 1 aromatic rings. The fourth-order valence-corrected chi connectivity index (χ4v) is 2.07. The lowest BCUT2D eigenvalue weighted by atomic mass is 10.2. The number of aliphatic hydroxyl groups is 3. The Balaban J connectivity index is 2.36. The largest absolute Gasteiger partial charge is 0.394 e. The van der Waals surface area contributed by atoms with Crippen LogP contribution in [0.1, 0.15) is 31.2 Å². The lowest BCUT2D eigenvalue weighted by Gasteiger charge is -2.17. The van der Waals surface area contributed by atoms with Crippen molar-refractivity contribution in [3.05, 3.63) is 22.2 Å². The molecular formula is C11H17N3O5. The Morgan fingerprint density at radius 1 is 1.68 bits per heavy atom. The highest BCUT2D eigenvalue weighted by atomic mass is 16.5. The van der Waals surface area contributed by atoms with Crippen molar-refractivity contribution >= 4 is 5.82 Å². The molecule has 0 radical (unpaired) electrons. The van der Waals surface area contributed by atoms with Crippen LogP contribution in [0.3, 0.4) is 0 Å². The smallest absolute Gasteiger partial charge is 0.351 e. The molecule has 1 fully saturated rings. The van der Waals surface area contributed by atoms with Gasteiger partial charge in [-0.2, -0.15) is 4.98 Å². The van der Waals surface area contributed by atoms with Crippen molar-refractivity contribution in [2.75, 3.05) is 12.3 Å². The molecule has 5 N–H and O–H groups in total. The van der Waals surface area contributed by atoms with E-state index in [1.54, 1.807) is 0 Å². The quantitative estimate of drug-likeness (QED) is 0.527. The predicted molar refractivity (Wildman–Crippen MR) is 65.2 cm³/mol. The molecule has 0 amide bonds. The van der Waals surface area contributed by atoms with Crippen LogP contribution in [0.15, 0.2) is 11.0 Å². The topological polar surface area (TPSA) is 131 Å². The summed E-state index contributed by atoms with van der Waals surface area (Å²) in [5.74, 6) is -0.0338. The normalized spacial score (nSPS) is 28.5. The van der Waals surface area contributed by atoms with Crippen molar-refractivity contribution in [2.45, 2.75) is 37.9 Å². The number of nitrogen functional groups attached to an aromatic ring is 1. The summed E-state index contributed by atoms with van der Waals surface area (Å²) in [6, 6.07) is 0. The molecule has 4 atom stereocenters. The summed E-state index contributed by atoms with van der Waals surface area (Å²) in [6.45, 7) is 1.17. The summed E-state index contributed by atoms with van der Waals surface area (Å²) < 4.78 is 6.53. The summed E-state index contributed by atoms with van der Waals surface area (Å²) in [6.07, 6.45) is -1.66. The fourth-order valence-electron chi connectivity index (χ4n) is 2.07. The van der Waals surface area contributed by atoms with E-state index in [-0.39, 0.29) is 18.8 Å². The number of rotatable bonds is 3. The van der Waals surface area contributed by atoms with E-state index in [9.17, 15) is 15.0 Å². The first-order valence-electron chi connectivity index (χ1n) is 5.95. The summed E-state index contributed by atoms with van der Waals surface area (Å²) >= 11 is 0. The minimum Gasteiger partial charge on any atom is -0.394 e. The van der Waals surface area contributed by atoms with Crippen LogP contribution in [0.4, 0.5) is 5.82 Å². The Kier molecular flexibility index (Phi) is 3.85. The molecule has 0 spiro atoms. The van der Waals surface area contributed by atoms with E-state index < -0.39 is 30.2 Å². The molecule has 1 unspecified atom stereocenters. The zero-order valence-electron chi connectivity index (χ0n) is 10.4. The van der Waals surface area contributed by atoms with E-state index in [1.807, 2.05) is 0 Å². The van der Waals surface area contributed by atoms with Crippen molar-refractivity contribution in [2.24, 2.45) is 0 Å². The molecule has 8 heteroatoms. The highest BCUT2D eigenvalue weighted by Gasteiger charge is 2.35. The highest BCUT2D eigenvalue weighted by Crippen LogP contribution is 2.28. The number of ether oxygens (including phenoxy) is 1. The van der Waals surface area contributed by atoms with E-state index >= 15 is 0 Å². The van der Waals surface area contributed by atoms with Gasteiger partial charge < -0.3 is 25.8 Å². The predicted octanol–water partition coefficient (Wildman–Crippen LogP) is -1.48. The molecule has 106 valence electrons. The molecule has 1 aliphatic rings. The third-order valence-electron chi connectivity index (χ3n) is 3.16. The molecule has 8 nitrogen and oxygen atoms in total. The lowest BCUT2D eigenvalue weighted by molar-refractivity contribution is -0.0460. The van der Waals surface area contributed by atoms with Gasteiger partial charge in [0.25, 0.3) is 0 Å². The van der Waals surface area contributed by atoms with Crippen molar-refractivity contribution in [3.8, 4) is 0 Å². The Morgan fingerprint density at radius 3 is 2.89 bits per heavy atom. The van der Waals surface area contributed by atoms with Gasteiger partial charge in [-0.15, -0.1) is 0 Å². The van der Waals surface area contributed by atoms with E-state index in [1.165, 1.54) is 13.1 Å². The van der Waals surface area contributed by atoms with Crippen LogP contribution in [0.2, 0.25) is 0 Å². The maximum atomic E-state index is 11.8. The van der Waals surface area contributed by atoms with Gasteiger partial charge in [0.2, 0.25) is 0 Å². The van der Waals surface area contributed by atoms with Gasteiger partial charge in [-0.3, -0.25) is 4.57 Å². The lowest BCUT2D eigenvalue weighted by Crippen LogP contribution is -2.29. The van der Waals surface area contributed by atoms with Crippen LogP contribution >= 0.6 is 0 Å². The summed E-state index contributed by atoms with van der Waals surface area (Å²) in [5, 5.41) is 28.2. The molecule has 2 rings (SSSR count). The number of hydrogen-bond acceptors (Lipinski definition) is 7. The van der Waals surface area contributed by atoms with Gasteiger partial charge in [0.1, 0.15) is 18.1 Å². The maximum Gasteiger partial charge on any atom is 0.351 e. The molecule has 1 aliphatic heterocycles. The van der Waals surface area contributed by atoms with Gasteiger partial charge in [0.15, 0.2) is 0 Å². The second-order valence-electron chi connectivity index (χ2n) is 4.56. The van der Waals surface area contributed by atoms with Crippen LogP contribution in [0.5, 0.6) is 0 Å². The Hall–Kier alpha value is -1.48. The van der Waals surface area contributed by atoms with E-state index in [4.69, 9.17) is 15.6 Å². The number of aromatic nitrogens is 2. The Bertz CT molecular complexity index is 516. The molecule has 2 heterocycles. The van der Waals surface area contributed by atoms with Gasteiger partial charge in [-0.25, -0.2) is 4.79 Å². The third kappa shape index (κ3) is 2.61. The molecule has 0 aliphatic carbocycles. The number of hydrogen-bond donors (Lipinski definition) is 4. The number of aliphatic hydroxyl groups excluding tert-OH is 3. The minimum atomic E-state index is -0.876.